The topological polar surface area (TPSA) is 41.6 Å². The van der Waals surface area contributed by atoms with Crippen LogP contribution in [0.15, 0.2) is 41.9 Å². The Hall–Kier alpha value is -1.43. The van der Waals surface area contributed by atoms with E-state index in [1.165, 1.54) is 17.5 Å². The molecule has 108 valence electrons. The molecular formula is C14H10Cl2FN3S. The first-order chi connectivity index (χ1) is 10.1. The normalized spacial score (nSPS) is 14.0. The van der Waals surface area contributed by atoms with Gasteiger partial charge >= 0.3 is 0 Å². The van der Waals surface area contributed by atoms with Crippen LogP contribution in [0.5, 0.6) is 0 Å². The number of hydrogen-bond acceptors (Lipinski definition) is 3. The highest BCUT2D eigenvalue weighted by molar-refractivity contribution is 7.10. The summed E-state index contributed by atoms with van der Waals surface area (Å²) in [6.45, 7) is 0. The van der Waals surface area contributed by atoms with Crippen molar-refractivity contribution in [3.05, 3.63) is 68.1 Å². The molecule has 0 saturated carbocycles. The van der Waals surface area contributed by atoms with Gasteiger partial charge in [0.15, 0.2) is 5.67 Å². The number of nitrogens with zero attached hydrogens (tertiary/aromatic N) is 2. The van der Waals surface area contributed by atoms with Crippen molar-refractivity contribution in [1.29, 1.82) is 0 Å². The van der Waals surface area contributed by atoms with Gasteiger partial charge in [0.2, 0.25) is 0 Å². The van der Waals surface area contributed by atoms with Gasteiger partial charge in [-0.25, -0.2) is 4.39 Å². The molecular weight excluding hydrogens is 332 g/mol. The van der Waals surface area contributed by atoms with E-state index in [4.69, 9.17) is 23.2 Å². The zero-order chi connectivity index (χ0) is 14.9. The molecule has 1 unspecified atom stereocenters. The highest BCUT2D eigenvalue weighted by Crippen LogP contribution is 2.43. The Balaban J connectivity index is 2.10. The van der Waals surface area contributed by atoms with Gasteiger partial charge in [-0.1, -0.05) is 35.3 Å². The van der Waals surface area contributed by atoms with E-state index >= 15 is 4.39 Å². The lowest BCUT2D eigenvalue weighted by Gasteiger charge is -2.24. The summed E-state index contributed by atoms with van der Waals surface area (Å²) >= 11 is 13.3. The predicted octanol–water partition coefficient (Wildman–Crippen LogP) is 4.63. The minimum absolute atomic E-state index is 0.0470. The molecule has 3 aromatic rings. The Morgan fingerprint density at radius 1 is 1.19 bits per heavy atom. The highest BCUT2D eigenvalue weighted by atomic mass is 35.5. The van der Waals surface area contributed by atoms with Crippen LogP contribution >= 0.6 is 34.5 Å². The lowest BCUT2D eigenvalue weighted by Crippen LogP contribution is -2.24. The molecule has 1 N–H and O–H groups in total. The summed E-state index contributed by atoms with van der Waals surface area (Å²) in [7, 11) is 0. The minimum atomic E-state index is -1.77. The van der Waals surface area contributed by atoms with Crippen molar-refractivity contribution in [1.82, 2.24) is 15.4 Å². The van der Waals surface area contributed by atoms with Crippen molar-refractivity contribution in [2.24, 2.45) is 0 Å². The van der Waals surface area contributed by atoms with Crippen molar-refractivity contribution < 1.29 is 4.39 Å². The highest BCUT2D eigenvalue weighted by Gasteiger charge is 2.38. The van der Waals surface area contributed by atoms with Crippen LogP contribution in [0.25, 0.3) is 0 Å². The van der Waals surface area contributed by atoms with Crippen molar-refractivity contribution in [2.45, 2.75) is 12.1 Å². The smallest absolute Gasteiger partial charge is 0.177 e. The van der Waals surface area contributed by atoms with E-state index in [-0.39, 0.29) is 6.42 Å². The van der Waals surface area contributed by atoms with Crippen LogP contribution in [-0.2, 0) is 12.1 Å². The summed E-state index contributed by atoms with van der Waals surface area (Å²) in [5, 5.41) is 12.9. The zero-order valence-corrected chi connectivity index (χ0v) is 13.0. The molecule has 0 radical (unpaired) electrons. The summed E-state index contributed by atoms with van der Waals surface area (Å²) in [5.41, 5.74) is -0.761. The molecule has 1 atom stereocenters. The van der Waals surface area contributed by atoms with Gasteiger partial charge in [0, 0.05) is 11.4 Å². The maximum Gasteiger partial charge on any atom is 0.177 e. The molecule has 0 aliphatic rings. The Morgan fingerprint density at radius 2 is 1.95 bits per heavy atom. The number of nitrogens with one attached hydrogen (secondary N) is 1. The summed E-state index contributed by atoms with van der Waals surface area (Å²) in [5.74, 6) is 0. The largest absolute Gasteiger partial charge is 0.232 e. The zero-order valence-electron chi connectivity index (χ0n) is 10.7. The summed E-state index contributed by atoms with van der Waals surface area (Å²) in [6, 6.07) is 8.34. The van der Waals surface area contributed by atoms with E-state index < -0.39 is 5.67 Å². The van der Waals surface area contributed by atoms with E-state index in [0.717, 1.165) is 0 Å². The SMILES string of the molecule is FC(Cc1cn[nH]n1)(c1ccc(Cl)cc1)c1sccc1Cl. The van der Waals surface area contributed by atoms with Gasteiger partial charge in [-0.3, -0.25) is 0 Å². The first kappa shape index (κ1) is 14.5. The number of aromatic nitrogens is 3. The first-order valence-corrected chi connectivity index (χ1v) is 7.76. The minimum Gasteiger partial charge on any atom is -0.232 e. The molecule has 3 nitrogen and oxygen atoms in total. The van der Waals surface area contributed by atoms with Crippen LogP contribution < -0.4 is 0 Å². The number of thiophene rings is 1. The van der Waals surface area contributed by atoms with Crippen LogP contribution in [-0.4, -0.2) is 15.4 Å². The van der Waals surface area contributed by atoms with E-state index in [1.807, 2.05) is 0 Å². The number of alkyl halides is 1. The number of aromatic amines is 1. The number of rotatable bonds is 4. The van der Waals surface area contributed by atoms with Crippen LogP contribution in [0.4, 0.5) is 4.39 Å². The van der Waals surface area contributed by atoms with E-state index in [0.29, 0.717) is 26.2 Å². The predicted molar refractivity (Wildman–Crippen MR) is 82.8 cm³/mol. The summed E-state index contributed by atoms with van der Waals surface area (Å²) in [4.78, 5) is 0.453. The molecule has 0 aliphatic carbocycles. The summed E-state index contributed by atoms with van der Waals surface area (Å²) < 4.78 is 15.8. The van der Waals surface area contributed by atoms with E-state index in [1.54, 1.807) is 35.7 Å². The van der Waals surface area contributed by atoms with Gasteiger partial charge in [0.05, 0.1) is 21.8 Å². The van der Waals surface area contributed by atoms with Gasteiger partial charge in [-0.2, -0.15) is 15.4 Å². The third kappa shape index (κ3) is 2.81. The van der Waals surface area contributed by atoms with Gasteiger partial charge < -0.3 is 0 Å². The monoisotopic (exact) mass is 341 g/mol. The van der Waals surface area contributed by atoms with Gasteiger partial charge in [-0.05, 0) is 29.1 Å². The molecule has 0 bridgehead atoms. The second kappa shape index (κ2) is 5.75. The second-order valence-corrected chi connectivity index (χ2v) is 6.30. The fraction of sp³-hybridized carbons (Fsp3) is 0.143. The standard InChI is InChI=1S/C14H10Cl2FN3S/c15-10-3-1-9(2-4-10)14(17,7-11-8-18-20-19-11)13-12(16)5-6-21-13/h1-6,8H,7H2,(H,18,19,20). The molecule has 0 amide bonds. The number of benzene rings is 1. The molecule has 0 fully saturated rings. The Morgan fingerprint density at radius 3 is 2.52 bits per heavy atom. The first-order valence-electron chi connectivity index (χ1n) is 6.12. The maximum atomic E-state index is 15.8. The van der Waals surface area contributed by atoms with Gasteiger partial charge in [0.1, 0.15) is 0 Å². The number of H-pyrrole nitrogens is 1. The van der Waals surface area contributed by atoms with Crippen molar-refractivity contribution in [3.63, 3.8) is 0 Å². The van der Waals surface area contributed by atoms with Crippen LogP contribution in [0.3, 0.4) is 0 Å². The molecule has 0 aliphatic heterocycles. The average molecular weight is 342 g/mol. The summed E-state index contributed by atoms with van der Waals surface area (Å²) in [6.07, 6.45) is 1.55. The molecule has 0 spiro atoms. The third-order valence-electron chi connectivity index (χ3n) is 3.17. The quantitative estimate of drug-likeness (QED) is 0.751. The molecule has 2 aromatic heterocycles. The van der Waals surface area contributed by atoms with Crippen molar-refractivity contribution in [3.8, 4) is 0 Å². The molecule has 2 heterocycles. The number of halogens is 3. The third-order valence-corrected chi connectivity index (χ3v) is 4.90. The van der Waals surface area contributed by atoms with E-state index in [9.17, 15) is 0 Å². The second-order valence-electron chi connectivity index (χ2n) is 4.54. The lowest BCUT2D eigenvalue weighted by molar-refractivity contribution is 0.225. The molecule has 0 saturated heterocycles. The maximum absolute atomic E-state index is 15.8. The van der Waals surface area contributed by atoms with Crippen LogP contribution in [0.1, 0.15) is 16.1 Å². The average Bonchev–Trinajstić information content (AvgIpc) is 3.11. The molecule has 1 aromatic carbocycles. The van der Waals surface area contributed by atoms with E-state index in [2.05, 4.69) is 15.4 Å². The Bertz CT molecular complexity index is 727. The number of hydrogen-bond donors (Lipinski definition) is 1. The van der Waals surface area contributed by atoms with Crippen LogP contribution in [0.2, 0.25) is 10.0 Å². The molecule has 7 heteroatoms. The van der Waals surface area contributed by atoms with Crippen LogP contribution in [0, 0.1) is 0 Å². The molecule has 21 heavy (non-hydrogen) atoms. The molecule has 3 rings (SSSR count). The lowest BCUT2D eigenvalue weighted by atomic mass is 9.89. The van der Waals surface area contributed by atoms with Crippen molar-refractivity contribution >= 4 is 34.5 Å². The van der Waals surface area contributed by atoms with Gasteiger partial charge in [0.25, 0.3) is 0 Å². The fourth-order valence-corrected chi connectivity index (χ4v) is 3.61. The van der Waals surface area contributed by atoms with Gasteiger partial charge in [-0.15, -0.1) is 11.3 Å². The Labute approximate surface area is 134 Å². The van der Waals surface area contributed by atoms with Crippen molar-refractivity contribution in [2.75, 3.05) is 0 Å². The fourth-order valence-electron chi connectivity index (χ4n) is 2.16. The Kier molecular flexibility index (Phi) is 3.97.